The van der Waals surface area contributed by atoms with Gasteiger partial charge in [-0.25, -0.2) is 0 Å². The van der Waals surface area contributed by atoms with E-state index in [1.54, 1.807) is 0 Å². The molecular formula is C11H21NO. The fraction of sp³-hybridized carbons (Fsp3) is 0.909. The standard InChI is InChI=1S/C11H21NO/c1-2-3-4-5-6-11-7-8-12(9-11)10-13/h10-11H,2-9H2,1H3. The molecule has 1 amide bonds. The number of carbonyl (C=O) groups is 1. The topological polar surface area (TPSA) is 20.3 Å². The van der Waals surface area contributed by atoms with E-state index in [1.165, 1.54) is 38.5 Å². The van der Waals surface area contributed by atoms with Gasteiger partial charge in [-0.3, -0.25) is 4.79 Å². The molecule has 0 radical (unpaired) electrons. The van der Waals surface area contributed by atoms with E-state index >= 15 is 0 Å². The minimum Gasteiger partial charge on any atom is -0.345 e. The summed E-state index contributed by atoms with van der Waals surface area (Å²) >= 11 is 0. The third-order valence-electron chi connectivity index (χ3n) is 2.93. The Morgan fingerprint density at radius 1 is 1.38 bits per heavy atom. The van der Waals surface area contributed by atoms with Crippen molar-refractivity contribution in [3.05, 3.63) is 0 Å². The van der Waals surface area contributed by atoms with Gasteiger partial charge in [0, 0.05) is 13.1 Å². The lowest BCUT2D eigenvalue weighted by molar-refractivity contribution is -0.117. The fourth-order valence-corrected chi connectivity index (χ4v) is 2.05. The van der Waals surface area contributed by atoms with Crippen LogP contribution in [0, 0.1) is 5.92 Å². The van der Waals surface area contributed by atoms with Crippen molar-refractivity contribution in [3.8, 4) is 0 Å². The van der Waals surface area contributed by atoms with Crippen molar-refractivity contribution in [2.45, 2.75) is 45.4 Å². The van der Waals surface area contributed by atoms with Gasteiger partial charge < -0.3 is 4.90 Å². The summed E-state index contributed by atoms with van der Waals surface area (Å²) in [5.41, 5.74) is 0. The highest BCUT2D eigenvalue weighted by atomic mass is 16.1. The molecule has 1 saturated heterocycles. The van der Waals surface area contributed by atoms with Crippen molar-refractivity contribution < 1.29 is 4.79 Å². The summed E-state index contributed by atoms with van der Waals surface area (Å²) in [5.74, 6) is 0.794. The Bertz CT molecular complexity index is 147. The van der Waals surface area contributed by atoms with Gasteiger partial charge in [-0.2, -0.15) is 0 Å². The van der Waals surface area contributed by atoms with Gasteiger partial charge in [-0.05, 0) is 18.8 Å². The first kappa shape index (κ1) is 10.6. The molecule has 1 aliphatic heterocycles. The SMILES string of the molecule is CCCCCCC1CCN(C=O)C1. The van der Waals surface area contributed by atoms with Gasteiger partial charge in [-0.15, -0.1) is 0 Å². The van der Waals surface area contributed by atoms with Gasteiger partial charge in [0.2, 0.25) is 6.41 Å². The number of likely N-dealkylation sites (tertiary alicyclic amines) is 1. The Kier molecular flexibility index (Phi) is 4.87. The van der Waals surface area contributed by atoms with Crippen molar-refractivity contribution >= 4 is 6.41 Å². The zero-order valence-corrected chi connectivity index (χ0v) is 8.67. The van der Waals surface area contributed by atoms with Gasteiger partial charge in [0.15, 0.2) is 0 Å². The molecule has 1 unspecified atom stereocenters. The summed E-state index contributed by atoms with van der Waals surface area (Å²) in [6.07, 6.45) is 8.94. The minimum atomic E-state index is 0.794. The lowest BCUT2D eigenvalue weighted by Gasteiger charge is -2.09. The monoisotopic (exact) mass is 183 g/mol. The lowest BCUT2D eigenvalue weighted by Crippen LogP contribution is -2.17. The number of unbranched alkanes of at least 4 members (excludes halogenated alkanes) is 3. The van der Waals surface area contributed by atoms with E-state index in [-0.39, 0.29) is 0 Å². The van der Waals surface area contributed by atoms with Crippen molar-refractivity contribution in [1.82, 2.24) is 4.90 Å². The lowest BCUT2D eigenvalue weighted by atomic mass is 10.0. The highest BCUT2D eigenvalue weighted by Gasteiger charge is 2.19. The molecule has 1 fully saturated rings. The molecule has 0 bridgehead atoms. The van der Waals surface area contributed by atoms with Gasteiger partial charge in [0.25, 0.3) is 0 Å². The molecule has 1 rings (SSSR count). The number of amides is 1. The Balaban J connectivity index is 2.00. The molecule has 1 aliphatic rings. The first-order valence-electron chi connectivity index (χ1n) is 5.56. The van der Waals surface area contributed by atoms with Crippen LogP contribution in [0.1, 0.15) is 45.4 Å². The van der Waals surface area contributed by atoms with Crippen LogP contribution in [0.5, 0.6) is 0 Å². The van der Waals surface area contributed by atoms with E-state index in [0.29, 0.717) is 0 Å². The average molecular weight is 183 g/mol. The summed E-state index contributed by atoms with van der Waals surface area (Å²) in [6, 6.07) is 0. The molecule has 1 heterocycles. The second-order valence-electron chi connectivity index (χ2n) is 4.10. The molecule has 0 aromatic carbocycles. The minimum absolute atomic E-state index is 0.794. The van der Waals surface area contributed by atoms with Crippen molar-refractivity contribution in [1.29, 1.82) is 0 Å². The number of rotatable bonds is 6. The molecule has 0 spiro atoms. The summed E-state index contributed by atoms with van der Waals surface area (Å²) in [6.45, 7) is 4.24. The van der Waals surface area contributed by atoms with Crippen molar-refractivity contribution in [3.63, 3.8) is 0 Å². The molecule has 2 nitrogen and oxygen atoms in total. The van der Waals surface area contributed by atoms with E-state index in [2.05, 4.69) is 6.92 Å². The van der Waals surface area contributed by atoms with Gasteiger partial charge in [0.1, 0.15) is 0 Å². The van der Waals surface area contributed by atoms with Crippen LogP contribution in [0.3, 0.4) is 0 Å². The summed E-state index contributed by atoms with van der Waals surface area (Å²) in [7, 11) is 0. The third kappa shape index (κ3) is 3.79. The van der Waals surface area contributed by atoms with Crippen LogP contribution in [0.15, 0.2) is 0 Å². The first-order valence-corrected chi connectivity index (χ1v) is 5.56. The van der Waals surface area contributed by atoms with Gasteiger partial charge in [0.05, 0.1) is 0 Å². The molecular weight excluding hydrogens is 162 g/mol. The third-order valence-corrected chi connectivity index (χ3v) is 2.93. The molecule has 0 saturated carbocycles. The molecule has 0 aliphatic carbocycles. The zero-order valence-electron chi connectivity index (χ0n) is 8.67. The second-order valence-corrected chi connectivity index (χ2v) is 4.10. The van der Waals surface area contributed by atoms with Crippen LogP contribution >= 0.6 is 0 Å². The van der Waals surface area contributed by atoms with Crippen LogP contribution in [0.2, 0.25) is 0 Å². The van der Waals surface area contributed by atoms with Gasteiger partial charge >= 0.3 is 0 Å². The van der Waals surface area contributed by atoms with Crippen LogP contribution in [0.25, 0.3) is 0 Å². The maximum absolute atomic E-state index is 10.5. The van der Waals surface area contributed by atoms with Crippen molar-refractivity contribution in [2.24, 2.45) is 5.92 Å². The van der Waals surface area contributed by atoms with E-state index in [4.69, 9.17) is 0 Å². The molecule has 2 heteroatoms. The smallest absolute Gasteiger partial charge is 0.209 e. The van der Waals surface area contributed by atoms with Crippen molar-refractivity contribution in [2.75, 3.05) is 13.1 Å². The Labute approximate surface area is 81.3 Å². The maximum Gasteiger partial charge on any atom is 0.209 e. The quantitative estimate of drug-likeness (QED) is 0.457. The number of nitrogens with zero attached hydrogens (tertiary/aromatic N) is 1. The highest BCUT2D eigenvalue weighted by molar-refractivity contribution is 5.47. The Morgan fingerprint density at radius 2 is 2.23 bits per heavy atom. The summed E-state index contributed by atoms with van der Waals surface area (Å²) < 4.78 is 0. The number of carbonyl (C=O) groups excluding carboxylic acids is 1. The second kappa shape index (κ2) is 6.01. The molecule has 1 atom stereocenters. The predicted octanol–water partition coefficient (Wildman–Crippen LogP) is 2.44. The van der Waals surface area contributed by atoms with Crippen LogP contribution in [0.4, 0.5) is 0 Å². The molecule has 13 heavy (non-hydrogen) atoms. The number of hydrogen-bond donors (Lipinski definition) is 0. The molecule has 0 N–H and O–H groups in total. The van der Waals surface area contributed by atoms with Crippen LogP contribution in [-0.2, 0) is 4.79 Å². The maximum atomic E-state index is 10.5. The van der Waals surface area contributed by atoms with E-state index in [1.807, 2.05) is 4.90 Å². The summed E-state index contributed by atoms with van der Waals surface area (Å²) in [5, 5.41) is 0. The fourth-order valence-electron chi connectivity index (χ4n) is 2.05. The molecule has 0 aromatic heterocycles. The van der Waals surface area contributed by atoms with Crippen LogP contribution in [-0.4, -0.2) is 24.4 Å². The molecule has 76 valence electrons. The predicted molar refractivity (Wildman–Crippen MR) is 54.5 cm³/mol. The van der Waals surface area contributed by atoms with Crippen LogP contribution < -0.4 is 0 Å². The Morgan fingerprint density at radius 3 is 2.85 bits per heavy atom. The molecule has 0 aromatic rings. The van der Waals surface area contributed by atoms with E-state index < -0.39 is 0 Å². The first-order chi connectivity index (χ1) is 6.36. The Hall–Kier alpha value is -0.530. The van der Waals surface area contributed by atoms with Gasteiger partial charge in [-0.1, -0.05) is 32.6 Å². The average Bonchev–Trinajstić information content (AvgIpc) is 2.60. The van der Waals surface area contributed by atoms with E-state index in [0.717, 1.165) is 25.4 Å². The van der Waals surface area contributed by atoms with E-state index in [9.17, 15) is 4.79 Å². The number of hydrogen-bond acceptors (Lipinski definition) is 1. The largest absolute Gasteiger partial charge is 0.345 e. The highest BCUT2D eigenvalue weighted by Crippen LogP contribution is 2.20. The summed E-state index contributed by atoms with van der Waals surface area (Å²) in [4.78, 5) is 12.4. The zero-order chi connectivity index (χ0) is 9.52. The normalized spacial score (nSPS) is 22.2.